The molecule has 47 heavy (non-hydrogen) atoms. The third-order valence-corrected chi connectivity index (χ3v) is 10.8. The molecule has 2 saturated heterocycles. The van der Waals surface area contributed by atoms with Crippen LogP contribution in [0.1, 0.15) is 103 Å². The fourth-order valence-electron chi connectivity index (χ4n) is 8.45. The summed E-state index contributed by atoms with van der Waals surface area (Å²) in [6.07, 6.45) is 31.1. The molecule has 10 heterocycles. The molecule has 10 aliphatic heterocycles. The van der Waals surface area contributed by atoms with Crippen molar-refractivity contribution in [2.24, 2.45) is 30.0 Å². The van der Waals surface area contributed by atoms with Crippen LogP contribution in [0.2, 0.25) is 0 Å². The minimum atomic E-state index is 0. The van der Waals surface area contributed by atoms with E-state index in [9.17, 15) is 0 Å². The molecule has 0 aromatic rings. The minimum absolute atomic E-state index is 0. The van der Waals surface area contributed by atoms with Crippen LogP contribution in [-0.4, -0.2) is 82.3 Å². The van der Waals surface area contributed by atoms with Gasteiger partial charge in [0, 0.05) is 92.4 Å². The Morgan fingerprint density at radius 2 is 0.681 bits per heavy atom. The summed E-state index contributed by atoms with van der Waals surface area (Å²) in [4.78, 5) is 29.5. The maximum atomic E-state index is 4.97. The minimum Gasteiger partial charge on any atom is -0.362 e. The van der Waals surface area contributed by atoms with Crippen molar-refractivity contribution in [2.75, 3.05) is 0 Å². The van der Waals surface area contributed by atoms with Crippen LogP contribution in [0.3, 0.4) is 0 Å². The van der Waals surface area contributed by atoms with Gasteiger partial charge in [-0.2, -0.15) is 0 Å². The summed E-state index contributed by atoms with van der Waals surface area (Å²) in [6.45, 7) is 0. The van der Waals surface area contributed by atoms with Crippen LogP contribution < -0.4 is 10.6 Å². The van der Waals surface area contributed by atoms with Gasteiger partial charge in [0.1, 0.15) is 0 Å². The second kappa shape index (κ2) is 13.4. The maximum absolute atomic E-state index is 4.97. The van der Waals surface area contributed by atoms with Crippen LogP contribution in [0.15, 0.2) is 101 Å². The van der Waals surface area contributed by atoms with Crippen LogP contribution in [0, 0.1) is 0 Å². The van der Waals surface area contributed by atoms with Gasteiger partial charge in [-0.1, -0.05) is 0 Å². The molecule has 4 radical (unpaired) electrons. The number of nitrogens with zero attached hydrogens (tertiary/aromatic N) is 6. The molecule has 0 aromatic heterocycles. The standard InChI is InChI=1S/2C19H22N4.Sn/c2*1-3-14-10-16-5-7-18(22-16)19-8-6-17(23-19)11-15-4-2-13(21-15)9-12(1)20-14;/h2*9-11,18-20H,1-8H2;. The Labute approximate surface area is 295 Å². The molecule has 9 heteroatoms. The topological polar surface area (TPSA) is 98.2 Å². The maximum Gasteiger partial charge on any atom is 0.0730 e. The fraction of sp³-hybridized carbons (Fsp3) is 0.526. The summed E-state index contributed by atoms with van der Waals surface area (Å²) in [5.41, 5.74) is 15.1. The normalized spacial score (nSPS) is 31.3. The summed E-state index contributed by atoms with van der Waals surface area (Å²) in [5.74, 6) is 0. The number of hydrogen-bond donors (Lipinski definition) is 2. The molecule has 4 unspecified atom stereocenters. The van der Waals surface area contributed by atoms with E-state index >= 15 is 0 Å². The second-order valence-electron chi connectivity index (χ2n) is 14.3. The first-order valence-electron chi connectivity index (χ1n) is 17.8. The Morgan fingerprint density at radius 3 is 1.04 bits per heavy atom. The van der Waals surface area contributed by atoms with Gasteiger partial charge in [0.25, 0.3) is 0 Å². The molecule has 0 aliphatic carbocycles. The molecule has 240 valence electrons. The molecule has 2 N–H and O–H groups in total. The Balaban J connectivity index is 0.000000135. The molecule has 4 atom stereocenters. The van der Waals surface area contributed by atoms with Crippen LogP contribution >= 0.6 is 0 Å². The van der Waals surface area contributed by atoms with E-state index in [0.717, 1.165) is 103 Å². The smallest absolute Gasteiger partial charge is 0.0730 e. The quantitative estimate of drug-likeness (QED) is 0.276. The Bertz CT molecular complexity index is 1600. The van der Waals surface area contributed by atoms with Gasteiger partial charge in [0.15, 0.2) is 0 Å². The molecule has 10 rings (SSSR count). The average Bonchev–Trinajstić information content (AvgIpc) is 3.88. The van der Waals surface area contributed by atoms with Gasteiger partial charge in [-0.3, -0.25) is 30.0 Å². The molecule has 16 bridgehead atoms. The van der Waals surface area contributed by atoms with Crippen LogP contribution in [-0.2, 0) is 0 Å². The zero-order chi connectivity index (χ0) is 30.5. The van der Waals surface area contributed by atoms with E-state index in [0.29, 0.717) is 24.2 Å². The number of fused-ring (bicyclic) bond motifs is 12. The SMILES string of the molecule is C1=C2CCC(=N2)C=C2CCC(=CC3=NC(CC3)C3CCC1=N3)N2.C1=C2CCC(=N2)C=C2CCC(=CC3=NC(CC3)C3CCC1=N3)N2.[Sn]. The molecule has 2 fully saturated rings. The second-order valence-corrected chi connectivity index (χ2v) is 14.3. The number of rotatable bonds is 0. The van der Waals surface area contributed by atoms with E-state index in [4.69, 9.17) is 30.0 Å². The predicted molar refractivity (Wildman–Crippen MR) is 194 cm³/mol. The first-order chi connectivity index (χ1) is 22.6. The van der Waals surface area contributed by atoms with Crippen LogP contribution in [0.25, 0.3) is 0 Å². The monoisotopic (exact) mass is 732 g/mol. The van der Waals surface area contributed by atoms with E-state index in [2.05, 4.69) is 47.1 Å². The Kier molecular flexibility index (Phi) is 8.88. The van der Waals surface area contributed by atoms with Crippen molar-refractivity contribution in [3.05, 3.63) is 70.6 Å². The number of allylic oxidation sites excluding steroid dienone is 12. The van der Waals surface area contributed by atoms with Gasteiger partial charge in [-0.25, -0.2) is 0 Å². The summed E-state index contributed by atoms with van der Waals surface area (Å²) in [7, 11) is 0. The van der Waals surface area contributed by atoms with E-state index in [1.165, 1.54) is 68.5 Å². The van der Waals surface area contributed by atoms with Crippen molar-refractivity contribution in [3.63, 3.8) is 0 Å². The summed E-state index contributed by atoms with van der Waals surface area (Å²) in [6, 6.07) is 1.56. The Morgan fingerprint density at radius 1 is 0.362 bits per heavy atom. The summed E-state index contributed by atoms with van der Waals surface area (Å²) in [5, 5.41) is 7.14. The van der Waals surface area contributed by atoms with E-state index in [1.807, 2.05) is 0 Å². The number of hydrogen-bond acceptors (Lipinski definition) is 8. The van der Waals surface area contributed by atoms with Gasteiger partial charge in [-0.05, 0) is 139 Å². The van der Waals surface area contributed by atoms with Gasteiger partial charge in [0.05, 0.1) is 24.2 Å². The molecule has 0 spiro atoms. The zero-order valence-electron chi connectivity index (χ0n) is 27.3. The number of aliphatic imine (C=N–C) groups is 6. The zero-order valence-corrected chi connectivity index (χ0v) is 30.1. The summed E-state index contributed by atoms with van der Waals surface area (Å²) >= 11 is 0. The van der Waals surface area contributed by atoms with E-state index in [1.54, 1.807) is 0 Å². The van der Waals surface area contributed by atoms with Crippen molar-refractivity contribution < 1.29 is 0 Å². The van der Waals surface area contributed by atoms with E-state index in [-0.39, 0.29) is 23.9 Å². The number of nitrogens with one attached hydrogen (secondary N) is 2. The molecular formula is C38H44N8Sn. The van der Waals surface area contributed by atoms with Crippen molar-refractivity contribution in [1.29, 1.82) is 0 Å². The van der Waals surface area contributed by atoms with Gasteiger partial charge < -0.3 is 10.6 Å². The largest absolute Gasteiger partial charge is 0.362 e. The van der Waals surface area contributed by atoms with Crippen molar-refractivity contribution in [3.8, 4) is 0 Å². The van der Waals surface area contributed by atoms with Gasteiger partial charge in [-0.15, -0.1) is 0 Å². The average molecular weight is 732 g/mol. The third-order valence-electron chi connectivity index (χ3n) is 10.8. The first-order valence-corrected chi connectivity index (χ1v) is 17.8. The van der Waals surface area contributed by atoms with Crippen molar-refractivity contribution >= 4 is 58.2 Å². The van der Waals surface area contributed by atoms with Gasteiger partial charge >= 0.3 is 0 Å². The van der Waals surface area contributed by atoms with Crippen LogP contribution in [0.5, 0.6) is 0 Å². The molecular weight excluding hydrogens is 687 g/mol. The van der Waals surface area contributed by atoms with E-state index < -0.39 is 0 Å². The molecule has 8 nitrogen and oxygen atoms in total. The Hall–Kier alpha value is -3.14. The molecule has 10 aliphatic rings. The predicted octanol–water partition coefficient (Wildman–Crippen LogP) is 6.57. The van der Waals surface area contributed by atoms with Gasteiger partial charge in [0.2, 0.25) is 0 Å². The molecule has 0 saturated carbocycles. The molecule has 0 aromatic carbocycles. The van der Waals surface area contributed by atoms with Crippen molar-refractivity contribution in [1.82, 2.24) is 10.6 Å². The van der Waals surface area contributed by atoms with Crippen LogP contribution in [0.4, 0.5) is 0 Å². The van der Waals surface area contributed by atoms with Crippen molar-refractivity contribution in [2.45, 2.75) is 127 Å². The summed E-state index contributed by atoms with van der Waals surface area (Å²) < 4.78 is 0. The first kappa shape index (κ1) is 31.1. The third kappa shape index (κ3) is 7.03. The fourth-order valence-corrected chi connectivity index (χ4v) is 8.45. The molecule has 0 amide bonds.